The lowest BCUT2D eigenvalue weighted by molar-refractivity contribution is 0.446. The zero-order chi connectivity index (χ0) is 14.8. The van der Waals surface area contributed by atoms with E-state index in [0.717, 1.165) is 47.7 Å². The molecule has 3 rings (SSSR count). The summed E-state index contributed by atoms with van der Waals surface area (Å²) in [6, 6.07) is 1.98. The molecule has 1 fully saturated rings. The molecule has 1 aliphatic rings. The Balaban J connectivity index is 1.83. The molecule has 0 bridgehead atoms. The first-order chi connectivity index (χ1) is 10.1. The van der Waals surface area contributed by atoms with Gasteiger partial charge in [0.05, 0.1) is 5.69 Å². The van der Waals surface area contributed by atoms with Gasteiger partial charge >= 0.3 is 0 Å². The van der Waals surface area contributed by atoms with E-state index >= 15 is 0 Å². The van der Waals surface area contributed by atoms with Crippen molar-refractivity contribution in [2.45, 2.75) is 39.5 Å². The summed E-state index contributed by atoms with van der Waals surface area (Å²) < 4.78 is 0. The Bertz CT molecular complexity index is 611. The van der Waals surface area contributed by atoms with Crippen LogP contribution in [0.3, 0.4) is 0 Å². The number of aryl methyl sites for hydroxylation is 3. The van der Waals surface area contributed by atoms with Crippen LogP contribution in [0.2, 0.25) is 0 Å². The molecule has 0 radical (unpaired) electrons. The van der Waals surface area contributed by atoms with Crippen molar-refractivity contribution >= 4 is 22.3 Å². The molecule has 0 aromatic carbocycles. The second-order valence-corrected chi connectivity index (χ2v) is 6.78. The fourth-order valence-corrected chi connectivity index (χ4v) is 3.37. The molecule has 1 saturated heterocycles. The van der Waals surface area contributed by atoms with Gasteiger partial charge in [-0.05, 0) is 40.2 Å². The third-order valence-corrected chi connectivity index (χ3v) is 4.79. The van der Waals surface area contributed by atoms with Crippen molar-refractivity contribution in [3.8, 4) is 0 Å². The number of hydrogen-bond donors (Lipinski definition) is 2. The molecule has 2 aromatic rings. The number of nitrogens with zero attached hydrogens (tertiary/aromatic N) is 3. The normalized spacial score (nSPS) is 18.7. The van der Waals surface area contributed by atoms with Crippen LogP contribution < -0.4 is 10.6 Å². The van der Waals surface area contributed by atoms with E-state index in [-0.39, 0.29) is 0 Å². The first-order valence-electron chi connectivity index (χ1n) is 7.39. The molecule has 21 heavy (non-hydrogen) atoms. The topological polar surface area (TPSA) is 62.7 Å². The van der Waals surface area contributed by atoms with Crippen molar-refractivity contribution < 1.29 is 0 Å². The van der Waals surface area contributed by atoms with Gasteiger partial charge in [-0.2, -0.15) is 0 Å². The molecule has 6 heteroatoms. The van der Waals surface area contributed by atoms with E-state index in [0.29, 0.717) is 5.92 Å². The van der Waals surface area contributed by atoms with E-state index in [1.54, 1.807) is 11.3 Å². The minimum absolute atomic E-state index is 0.416. The SMILES string of the molecule is Cc1cc(Nc2nc(C)c(C)s2)nc(C2CCCNC2)n1. The highest BCUT2D eigenvalue weighted by Gasteiger charge is 2.19. The molecule has 1 atom stereocenters. The van der Waals surface area contributed by atoms with E-state index in [9.17, 15) is 0 Å². The van der Waals surface area contributed by atoms with E-state index < -0.39 is 0 Å². The minimum Gasteiger partial charge on any atom is -0.316 e. The Morgan fingerprint density at radius 2 is 2.10 bits per heavy atom. The van der Waals surface area contributed by atoms with Gasteiger partial charge in [0.1, 0.15) is 11.6 Å². The van der Waals surface area contributed by atoms with Gasteiger partial charge in [-0.3, -0.25) is 0 Å². The predicted molar refractivity (Wildman–Crippen MR) is 86.5 cm³/mol. The van der Waals surface area contributed by atoms with E-state index in [1.165, 1.54) is 11.3 Å². The van der Waals surface area contributed by atoms with Gasteiger partial charge in [0, 0.05) is 29.1 Å². The summed E-state index contributed by atoms with van der Waals surface area (Å²) in [5, 5.41) is 7.64. The number of anilines is 2. The molecule has 5 nitrogen and oxygen atoms in total. The highest BCUT2D eigenvalue weighted by molar-refractivity contribution is 7.15. The highest BCUT2D eigenvalue weighted by atomic mass is 32.1. The molecule has 1 unspecified atom stereocenters. The second-order valence-electron chi connectivity index (χ2n) is 5.58. The third-order valence-electron chi connectivity index (χ3n) is 3.80. The van der Waals surface area contributed by atoms with Gasteiger partial charge in [0.15, 0.2) is 5.13 Å². The number of rotatable bonds is 3. The molecule has 1 aliphatic heterocycles. The molecule has 0 spiro atoms. The smallest absolute Gasteiger partial charge is 0.188 e. The molecular weight excluding hydrogens is 282 g/mol. The van der Waals surface area contributed by atoms with Crippen molar-refractivity contribution in [2.75, 3.05) is 18.4 Å². The third kappa shape index (κ3) is 3.39. The molecule has 3 heterocycles. The van der Waals surface area contributed by atoms with Crippen LogP contribution in [0.5, 0.6) is 0 Å². The van der Waals surface area contributed by atoms with Gasteiger partial charge in [-0.1, -0.05) is 0 Å². The van der Waals surface area contributed by atoms with Crippen molar-refractivity contribution in [3.63, 3.8) is 0 Å². The minimum atomic E-state index is 0.416. The van der Waals surface area contributed by atoms with Crippen LogP contribution in [-0.2, 0) is 0 Å². The van der Waals surface area contributed by atoms with Crippen LogP contribution in [0.15, 0.2) is 6.07 Å². The van der Waals surface area contributed by atoms with Crippen LogP contribution in [0.4, 0.5) is 10.9 Å². The van der Waals surface area contributed by atoms with Gasteiger partial charge < -0.3 is 10.6 Å². The maximum absolute atomic E-state index is 4.70. The lowest BCUT2D eigenvalue weighted by atomic mass is 9.99. The number of thiazole rings is 1. The van der Waals surface area contributed by atoms with E-state index in [1.807, 2.05) is 19.9 Å². The maximum Gasteiger partial charge on any atom is 0.188 e. The summed E-state index contributed by atoms with van der Waals surface area (Å²) in [5.41, 5.74) is 2.07. The fourth-order valence-electron chi connectivity index (χ4n) is 2.55. The number of piperidine rings is 1. The standard InChI is InChI=1S/C15H21N5S/c1-9-7-13(20-15-18-10(2)11(3)21-15)19-14(17-9)12-5-4-6-16-8-12/h7,12,16H,4-6,8H2,1-3H3,(H,17,18,19,20). The average Bonchev–Trinajstić information content (AvgIpc) is 2.77. The molecule has 2 aromatic heterocycles. The van der Waals surface area contributed by atoms with Crippen LogP contribution >= 0.6 is 11.3 Å². The van der Waals surface area contributed by atoms with Crippen molar-refractivity contribution in [1.29, 1.82) is 0 Å². The summed E-state index contributed by atoms with van der Waals surface area (Å²) >= 11 is 1.66. The predicted octanol–water partition coefficient (Wildman–Crippen LogP) is 3.07. The number of hydrogen-bond acceptors (Lipinski definition) is 6. The first-order valence-corrected chi connectivity index (χ1v) is 8.21. The Morgan fingerprint density at radius 1 is 1.24 bits per heavy atom. The fraction of sp³-hybridized carbons (Fsp3) is 0.533. The lowest BCUT2D eigenvalue weighted by Crippen LogP contribution is -2.29. The Hall–Kier alpha value is -1.53. The molecule has 112 valence electrons. The largest absolute Gasteiger partial charge is 0.316 e. The van der Waals surface area contributed by atoms with E-state index in [2.05, 4.69) is 27.5 Å². The van der Waals surface area contributed by atoms with Gasteiger partial charge in [0.25, 0.3) is 0 Å². The summed E-state index contributed by atoms with van der Waals surface area (Å²) in [7, 11) is 0. The monoisotopic (exact) mass is 303 g/mol. The quantitative estimate of drug-likeness (QED) is 0.912. The summed E-state index contributed by atoms with van der Waals surface area (Å²) in [5.74, 6) is 2.20. The van der Waals surface area contributed by atoms with Gasteiger partial charge in [-0.25, -0.2) is 15.0 Å². The molecular formula is C15H21N5S. The average molecular weight is 303 g/mol. The molecule has 0 saturated carbocycles. The van der Waals surface area contributed by atoms with Crippen LogP contribution in [0, 0.1) is 20.8 Å². The zero-order valence-electron chi connectivity index (χ0n) is 12.7. The van der Waals surface area contributed by atoms with Crippen molar-refractivity contribution in [3.05, 3.63) is 28.2 Å². The molecule has 0 aliphatic carbocycles. The number of nitrogens with one attached hydrogen (secondary N) is 2. The van der Waals surface area contributed by atoms with Crippen LogP contribution in [0.1, 0.15) is 40.8 Å². The van der Waals surface area contributed by atoms with Gasteiger partial charge in [0.2, 0.25) is 0 Å². The van der Waals surface area contributed by atoms with E-state index in [4.69, 9.17) is 4.98 Å². The summed E-state index contributed by atoms with van der Waals surface area (Å²) in [6.45, 7) is 8.21. The molecule has 0 amide bonds. The maximum atomic E-state index is 4.70. The Kier molecular flexibility index (Phi) is 4.17. The van der Waals surface area contributed by atoms with Gasteiger partial charge in [-0.15, -0.1) is 11.3 Å². The first kappa shape index (κ1) is 14.4. The summed E-state index contributed by atoms with van der Waals surface area (Å²) in [6.07, 6.45) is 2.35. The lowest BCUT2D eigenvalue weighted by Gasteiger charge is -2.22. The summed E-state index contributed by atoms with van der Waals surface area (Å²) in [4.78, 5) is 15.1. The second kappa shape index (κ2) is 6.07. The number of aromatic nitrogens is 3. The van der Waals surface area contributed by atoms with Crippen LogP contribution in [-0.4, -0.2) is 28.0 Å². The van der Waals surface area contributed by atoms with Crippen molar-refractivity contribution in [1.82, 2.24) is 20.3 Å². The van der Waals surface area contributed by atoms with Crippen LogP contribution in [0.25, 0.3) is 0 Å². The molecule has 2 N–H and O–H groups in total. The Labute approximate surface area is 129 Å². The zero-order valence-corrected chi connectivity index (χ0v) is 13.5. The highest BCUT2D eigenvalue weighted by Crippen LogP contribution is 2.26. The van der Waals surface area contributed by atoms with Crippen molar-refractivity contribution in [2.24, 2.45) is 0 Å². The Morgan fingerprint density at radius 3 is 2.76 bits per heavy atom.